The fraction of sp³-hybridized carbons (Fsp3) is 0.227. The third-order valence-corrected chi connectivity index (χ3v) is 5.92. The largest absolute Gasteiger partial charge is 0.457 e. The van der Waals surface area contributed by atoms with E-state index in [2.05, 4.69) is 5.32 Å². The zero-order valence-electron chi connectivity index (χ0n) is 17.1. The first-order valence-corrected chi connectivity index (χ1v) is 10.5. The lowest BCUT2D eigenvalue weighted by Crippen LogP contribution is -2.30. The molecule has 0 saturated carbocycles. The number of alkyl halides is 3. The van der Waals surface area contributed by atoms with Crippen LogP contribution in [0.5, 0.6) is 11.5 Å². The van der Waals surface area contributed by atoms with Gasteiger partial charge in [-0.05, 0) is 59.7 Å². The first-order valence-electron chi connectivity index (χ1n) is 9.72. The van der Waals surface area contributed by atoms with Crippen molar-refractivity contribution in [2.45, 2.75) is 18.6 Å². The van der Waals surface area contributed by atoms with Gasteiger partial charge in [0.1, 0.15) is 18.1 Å². The van der Waals surface area contributed by atoms with Gasteiger partial charge < -0.3 is 14.4 Å². The van der Waals surface area contributed by atoms with Gasteiger partial charge in [-0.15, -0.1) is 0 Å². The lowest BCUT2D eigenvalue weighted by Gasteiger charge is -2.17. The van der Waals surface area contributed by atoms with E-state index in [9.17, 15) is 27.6 Å². The Morgan fingerprint density at radius 3 is 2.48 bits per heavy atom. The molecule has 1 unspecified atom stereocenters. The SMILES string of the molecule is CN1C(=O)OCC1Cc1ccc(Oc2ccc(/C=C3\SC(=O)NC3=O)cc2C(F)(F)F)cc1. The molecule has 0 bridgehead atoms. The minimum absolute atomic E-state index is 0.0115. The average Bonchev–Trinajstić information content (AvgIpc) is 3.24. The maximum Gasteiger partial charge on any atom is 0.420 e. The third-order valence-electron chi connectivity index (χ3n) is 5.11. The Morgan fingerprint density at radius 1 is 1.18 bits per heavy atom. The number of amides is 3. The van der Waals surface area contributed by atoms with Crippen LogP contribution >= 0.6 is 11.8 Å². The number of likely N-dealkylation sites (N-methyl/N-ethyl adjacent to an activating group) is 1. The van der Waals surface area contributed by atoms with Crippen molar-refractivity contribution in [2.24, 2.45) is 0 Å². The van der Waals surface area contributed by atoms with Crippen molar-refractivity contribution < 1.29 is 37.0 Å². The monoisotopic (exact) mass is 478 g/mol. The number of imide groups is 1. The molecule has 2 fully saturated rings. The smallest absolute Gasteiger partial charge is 0.420 e. The van der Waals surface area contributed by atoms with Crippen molar-refractivity contribution in [3.05, 3.63) is 64.1 Å². The van der Waals surface area contributed by atoms with Crippen LogP contribution in [0.4, 0.5) is 22.8 Å². The molecule has 172 valence electrons. The van der Waals surface area contributed by atoms with Gasteiger partial charge in [0.2, 0.25) is 0 Å². The summed E-state index contributed by atoms with van der Waals surface area (Å²) in [5, 5.41) is 1.47. The Hall–Kier alpha value is -3.47. The number of cyclic esters (lactones) is 1. The Labute approximate surface area is 190 Å². The molecular formula is C22H17F3N2O5S. The molecule has 2 aromatic carbocycles. The molecule has 2 heterocycles. The molecule has 0 aliphatic carbocycles. The predicted octanol–water partition coefficient (Wildman–Crippen LogP) is 4.81. The first kappa shape index (κ1) is 22.7. The normalized spacial score (nSPS) is 19.8. The van der Waals surface area contributed by atoms with Crippen molar-refractivity contribution in [1.29, 1.82) is 0 Å². The Morgan fingerprint density at radius 2 is 1.91 bits per heavy atom. The zero-order valence-corrected chi connectivity index (χ0v) is 18.0. The van der Waals surface area contributed by atoms with E-state index in [0.29, 0.717) is 18.2 Å². The molecule has 2 aliphatic heterocycles. The molecule has 11 heteroatoms. The summed E-state index contributed by atoms with van der Waals surface area (Å²) in [6.45, 7) is 0.277. The second-order valence-corrected chi connectivity index (χ2v) is 8.41. The van der Waals surface area contributed by atoms with Crippen molar-refractivity contribution >= 4 is 35.1 Å². The van der Waals surface area contributed by atoms with E-state index in [1.54, 1.807) is 31.3 Å². The summed E-state index contributed by atoms with van der Waals surface area (Å²) >= 11 is 0.621. The molecular weight excluding hydrogens is 461 g/mol. The number of nitrogens with one attached hydrogen (secondary N) is 1. The molecule has 7 nitrogen and oxygen atoms in total. The number of ether oxygens (including phenoxy) is 2. The number of hydrogen-bond acceptors (Lipinski definition) is 6. The van der Waals surface area contributed by atoms with Gasteiger partial charge in [0, 0.05) is 7.05 Å². The number of hydrogen-bond donors (Lipinski definition) is 1. The Bertz CT molecular complexity index is 1150. The van der Waals surface area contributed by atoms with Crippen LogP contribution < -0.4 is 10.1 Å². The highest BCUT2D eigenvalue weighted by Crippen LogP contribution is 2.39. The van der Waals surface area contributed by atoms with Gasteiger partial charge in [-0.2, -0.15) is 13.2 Å². The van der Waals surface area contributed by atoms with Crippen LogP contribution in [-0.4, -0.2) is 41.8 Å². The van der Waals surface area contributed by atoms with Gasteiger partial charge in [0.05, 0.1) is 16.5 Å². The predicted molar refractivity (Wildman–Crippen MR) is 114 cm³/mol. The van der Waals surface area contributed by atoms with Crippen LogP contribution in [0.3, 0.4) is 0 Å². The molecule has 4 rings (SSSR count). The second kappa shape index (κ2) is 8.81. The van der Waals surface area contributed by atoms with E-state index < -0.39 is 34.7 Å². The van der Waals surface area contributed by atoms with E-state index >= 15 is 0 Å². The number of nitrogens with zero attached hydrogens (tertiary/aromatic N) is 1. The minimum Gasteiger partial charge on any atom is -0.457 e. The van der Waals surface area contributed by atoms with Crippen molar-refractivity contribution in [2.75, 3.05) is 13.7 Å². The van der Waals surface area contributed by atoms with Crippen molar-refractivity contribution in [3.63, 3.8) is 0 Å². The average molecular weight is 478 g/mol. The number of rotatable bonds is 5. The van der Waals surface area contributed by atoms with E-state index in [1.807, 2.05) is 0 Å². The van der Waals surface area contributed by atoms with E-state index in [-0.39, 0.29) is 28.9 Å². The molecule has 0 aromatic heterocycles. The fourth-order valence-corrected chi connectivity index (χ4v) is 4.02. The molecule has 33 heavy (non-hydrogen) atoms. The van der Waals surface area contributed by atoms with Crippen LogP contribution in [-0.2, 0) is 22.1 Å². The highest BCUT2D eigenvalue weighted by atomic mass is 32.2. The summed E-state index contributed by atoms with van der Waals surface area (Å²) < 4.78 is 51.4. The van der Waals surface area contributed by atoms with Crippen LogP contribution in [0.1, 0.15) is 16.7 Å². The van der Waals surface area contributed by atoms with E-state index in [4.69, 9.17) is 9.47 Å². The maximum absolute atomic E-state index is 13.7. The number of carbonyl (C=O) groups is 3. The van der Waals surface area contributed by atoms with Gasteiger partial charge in [-0.1, -0.05) is 18.2 Å². The highest BCUT2D eigenvalue weighted by molar-refractivity contribution is 8.18. The molecule has 3 amide bonds. The fourth-order valence-electron chi connectivity index (χ4n) is 3.34. The molecule has 2 aromatic rings. The summed E-state index contributed by atoms with van der Waals surface area (Å²) in [5.74, 6) is -0.844. The Balaban J connectivity index is 1.52. The van der Waals surface area contributed by atoms with Gasteiger partial charge in [0.15, 0.2) is 0 Å². The summed E-state index contributed by atoms with van der Waals surface area (Å²) in [4.78, 5) is 35.9. The number of thioether (sulfide) groups is 1. The molecule has 1 N–H and O–H groups in total. The lowest BCUT2D eigenvalue weighted by atomic mass is 10.1. The van der Waals surface area contributed by atoms with E-state index in [1.165, 1.54) is 23.1 Å². The van der Waals surface area contributed by atoms with Crippen molar-refractivity contribution in [1.82, 2.24) is 10.2 Å². The van der Waals surface area contributed by atoms with E-state index in [0.717, 1.165) is 11.6 Å². The Kier molecular flexibility index (Phi) is 6.07. The number of benzene rings is 2. The third kappa shape index (κ3) is 5.14. The lowest BCUT2D eigenvalue weighted by molar-refractivity contribution is -0.138. The summed E-state index contributed by atoms with van der Waals surface area (Å²) in [6, 6.07) is 9.81. The molecule has 1 atom stereocenters. The van der Waals surface area contributed by atoms with Crippen LogP contribution in [0.2, 0.25) is 0 Å². The highest BCUT2D eigenvalue weighted by Gasteiger charge is 2.35. The van der Waals surface area contributed by atoms with Crippen LogP contribution in [0.25, 0.3) is 6.08 Å². The molecule has 0 radical (unpaired) electrons. The van der Waals surface area contributed by atoms with Crippen LogP contribution in [0.15, 0.2) is 47.4 Å². The van der Waals surface area contributed by atoms with Gasteiger partial charge in [-0.25, -0.2) is 4.79 Å². The maximum atomic E-state index is 13.7. The van der Waals surface area contributed by atoms with Gasteiger partial charge in [0.25, 0.3) is 11.1 Å². The summed E-state index contributed by atoms with van der Waals surface area (Å²) in [7, 11) is 1.64. The molecule has 2 saturated heterocycles. The number of carbonyl (C=O) groups excluding carboxylic acids is 3. The minimum atomic E-state index is -4.70. The topological polar surface area (TPSA) is 84.9 Å². The summed E-state index contributed by atoms with van der Waals surface area (Å²) in [5.41, 5.74) is -0.0360. The van der Waals surface area contributed by atoms with Crippen molar-refractivity contribution in [3.8, 4) is 11.5 Å². The van der Waals surface area contributed by atoms with Gasteiger partial charge >= 0.3 is 12.3 Å². The quantitative estimate of drug-likeness (QED) is 0.621. The van der Waals surface area contributed by atoms with Crippen LogP contribution in [0, 0.1) is 0 Å². The number of halogens is 3. The second-order valence-electron chi connectivity index (χ2n) is 7.40. The summed E-state index contributed by atoms with van der Waals surface area (Å²) in [6.07, 6.45) is -3.34. The molecule has 2 aliphatic rings. The first-order chi connectivity index (χ1) is 15.6. The zero-order chi connectivity index (χ0) is 23.8. The standard InChI is InChI=1S/C22H17F3N2O5S/c1-27-14(11-31-21(27)30)8-12-2-5-15(6-3-12)32-17-7-4-13(9-16(17)22(23,24)25)10-18-19(28)26-20(29)33-18/h2-7,9-10,14H,8,11H2,1H3,(H,26,28,29)/b18-10-. The molecule has 0 spiro atoms. The van der Waals surface area contributed by atoms with Gasteiger partial charge in [-0.3, -0.25) is 14.9 Å².